The van der Waals surface area contributed by atoms with Gasteiger partial charge in [-0.25, -0.2) is 4.79 Å². The van der Waals surface area contributed by atoms with Gasteiger partial charge >= 0.3 is 6.03 Å². The third kappa shape index (κ3) is 21.0. The van der Waals surface area contributed by atoms with Crippen LogP contribution in [-0.4, -0.2) is 78.6 Å². The molecule has 0 saturated heterocycles. The fourth-order valence-corrected chi connectivity index (χ4v) is 2.93. The molecule has 1 aromatic carbocycles. The van der Waals surface area contributed by atoms with Gasteiger partial charge in [0.15, 0.2) is 11.5 Å². The lowest BCUT2D eigenvalue weighted by molar-refractivity contribution is -0.00841. The Morgan fingerprint density at radius 3 is 1.74 bits per heavy atom. The molecule has 2 amide bonds. The number of anilines is 1. The number of urea groups is 1. The van der Waals surface area contributed by atoms with Gasteiger partial charge in [0, 0.05) is 32.1 Å². The summed E-state index contributed by atoms with van der Waals surface area (Å²) in [6.45, 7) is 10.3. The Hall–Kier alpha value is -3.09. The summed E-state index contributed by atoms with van der Waals surface area (Å²) >= 11 is 0. The molecule has 1 aromatic rings. The van der Waals surface area contributed by atoms with Crippen molar-refractivity contribution in [1.29, 1.82) is 10.5 Å². The van der Waals surface area contributed by atoms with Crippen molar-refractivity contribution in [3.05, 3.63) is 18.2 Å². The number of amides is 2. The summed E-state index contributed by atoms with van der Waals surface area (Å²) in [5, 5.41) is 20.4. The number of nitrogens with one attached hydrogen (secondary N) is 2. The number of fused-ring (bicyclic) bond motifs is 1. The van der Waals surface area contributed by atoms with Gasteiger partial charge in [-0.1, -0.05) is 26.2 Å². The van der Waals surface area contributed by atoms with E-state index >= 15 is 0 Å². The van der Waals surface area contributed by atoms with Crippen LogP contribution in [0.15, 0.2) is 18.2 Å². The van der Waals surface area contributed by atoms with E-state index in [9.17, 15) is 4.79 Å². The van der Waals surface area contributed by atoms with Crippen molar-refractivity contribution in [2.75, 3.05) is 77.9 Å². The molecule has 11 heteroatoms. The highest BCUT2D eigenvalue weighted by Gasteiger charge is 2.10. The van der Waals surface area contributed by atoms with Gasteiger partial charge in [0.05, 0.1) is 65.0 Å². The Morgan fingerprint density at radius 1 is 0.763 bits per heavy atom. The molecule has 0 aliphatic carbocycles. The molecule has 38 heavy (non-hydrogen) atoms. The lowest BCUT2D eigenvalue weighted by Crippen LogP contribution is -2.29. The number of hydrogen-bond acceptors (Lipinski definition) is 9. The summed E-state index contributed by atoms with van der Waals surface area (Å²) in [4.78, 5) is 12.2. The van der Waals surface area contributed by atoms with Crippen molar-refractivity contribution in [1.82, 2.24) is 5.32 Å². The van der Waals surface area contributed by atoms with E-state index in [1.807, 2.05) is 0 Å². The average Bonchev–Trinajstić information content (AvgIpc) is 2.89. The summed E-state index contributed by atoms with van der Waals surface area (Å²) in [7, 11) is 0. The zero-order valence-electron chi connectivity index (χ0n) is 23.1. The maximum Gasteiger partial charge on any atom is 0.319 e. The number of unbranched alkanes of at least 4 members (excludes halogenated alkanes) is 3. The second kappa shape index (κ2) is 27.0. The maximum atomic E-state index is 12.2. The molecule has 0 atom stereocenters. The van der Waals surface area contributed by atoms with E-state index in [0.29, 0.717) is 89.8 Å². The van der Waals surface area contributed by atoms with Crippen molar-refractivity contribution in [3.8, 4) is 23.6 Å². The number of nitrogens with zero attached hydrogens (tertiary/aromatic N) is 2. The second-order valence-electron chi connectivity index (χ2n) is 7.70. The van der Waals surface area contributed by atoms with Crippen LogP contribution in [0, 0.1) is 22.7 Å². The normalized spacial score (nSPS) is 14.8. The highest BCUT2D eigenvalue weighted by atomic mass is 16.6. The third-order valence-corrected chi connectivity index (χ3v) is 4.60. The number of ether oxygens (including phenoxy) is 6. The standard InChI is InChI=1S/C23H38N2O7.2C2H3N/c1-2-3-4-5-8-24-23(26)25-20-6-7-21-22(19-20)32-18-16-30-14-12-28-10-9-27-11-13-29-15-17-31-21;2*1-2-3/h6-7,19H,2-5,8-18H2,1H3,(H2,24,25,26);2*1H3. The van der Waals surface area contributed by atoms with Crippen LogP contribution >= 0.6 is 0 Å². The van der Waals surface area contributed by atoms with Gasteiger partial charge in [0.25, 0.3) is 0 Å². The number of rotatable bonds is 6. The smallest absolute Gasteiger partial charge is 0.319 e. The lowest BCUT2D eigenvalue weighted by Gasteiger charge is -2.15. The summed E-state index contributed by atoms with van der Waals surface area (Å²) in [5.74, 6) is 1.12. The summed E-state index contributed by atoms with van der Waals surface area (Å²) in [6, 6.07) is 8.58. The zero-order valence-corrected chi connectivity index (χ0v) is 23.1. The number of nitriles is 2. The molecular weight excluding hydrogens is 492 g/mol. The van der Waals surface area contributed by atoms with Crippen LogP contribution in [0.4, 0.5) is 10.5 Å². The van der Waals surface area contributed by atoms with Crippen LogP contribution in [0.3, 0.4) is 0 Å². The minimum atomic E-state index is -0.235. The Kier molecular flexibility index (Phi) is 24.8. The van der Waals surface area contributed by atoms with Crippen molar-refractivity contribution < 1.29 is 33.2 Å². The van der Waals surface area contributed by atoms with E-state index in [1.54, 1.807) is 30.3 Å². The maximum absolute atomic E-state index is 12.2. The highest BCUT2D eigenvalue weighted by molar-refractivity contribution is 5.89. The van der Waals surface area contributed by atoms with E-state index in [-0.39, 0.29) is 6.03 Å². The quantitative estimate of drug-likeness (QED) is 0.509. The van der Waals surface area contributed by atoms with E-state index in [4.69, 9.17) is 38.9 Å². The Labute approximate surface area is 227 Å². The Balaban J connectivity index is 0.00000208. The zero-order chi connectivity index (χ0) is 28.1. The van der Waals surface area contributed by atoms with Crippen LogP contribution in [0.25, 0.3) is 0 Å². The Bertz CT molecular complexity index is 785. The van der Waals surface area contributed by atoms with Gasteiger partial charge in [-0.2, -0.15) is 10.5 Å². The fourth-order valence-electron chi connectivity index (χ4n) is 2.93. The minimum absolute atomic E-state index is 0.235. The van der Waals surface area contributed by atoms with Gasteiger partial charge in [-0.3, -0.25) is 0 Å². The first-order chi connectivity index (χ1) is 18.6. The molecule has 0 saturated carbocycles. The first-order valence-corrected chi connectivity index (χ1v) is 13.0. The topological polar surface area (TPSA) is 144 Å². The summed E-state index contributed by atoms with van der Waals surface area (Å²) < 4.78 is 33.6. The van der Waals surface area contributed by atoms with E-state index in [1.165, 1.54) is 26.7 Å². The molecule has 0 spiro atoms. The molecule has 0 aromatic heterocycles. The molecule has 1 aliphatic heterocycles. The highest BCUT2D eigenvalue weighted by Crippen LogP contribution is 2.30. The van der Waals surface area contributed by atoms with E-state index in [2.05, 4.69) is 17.6 Å². The number of hydrogen-bond donors (Lipinski definition) is 2. The Morgan fingerprint density at radius 2 is 1.24 bits per heavy atom. The van der Waals surface area contributed by atoms with Gasteiger partial charge in [0.2, 0.25) is 0 Å². The summed E-state index contributed by atoms with van der Waals surface area (Å²) in [5.41, 5.74) is 0.628. The largest absolute Gasteiger partial charge is 0.487 e. The number of carbonyl (C=O) groups is 1. The number of benzene rings is 1. The molecule has 1 aliphatic rings. The molecule has 1 heterocycles. The van der Waals surface area contributed by atoms with Crippen LogP contribution < -0.4 is 20.1 Å². The van der Waals surface area contributed by atoms with Crippen molar-refractivity contribution in [2.24, 2.45) is 0 Å². The molecule has 0 bridgehead atoms. The van der Waals surface area contributed by atoms with E-state index < -0.39 is 0 Å². The SMILES string of the molecule is CC#N.CC#N.CCCCCCNC(=O)Nc1ccc2c(c1)OCCOCCOCCOCCOCCO2. The van der Waals surface area contributed by atoms with Gasteiger partial charge in [-0.05, 0) is 18.6 Å². The van der Waals surface area contributed by atoms with Gasteiger partial charge in [0.1, 0.15) is 13.2 Å². The molecule has 0 radical (unpaired) electrons. The van der Waals surface area contributed by atoms with Crippen molar-refractivity contribution in [2.45, 2.75) is 46.5 Å². The average molecular weight is 537 g/mol. The molecule has 0 unspecified atom stereocenters. The van der Waals surface area contributed by atoms with Gasteiger partial charge < -0.3 is 39.1 Å². The second-order valence-corrected chi connectivity index (χ2v) is 7.70. The van der Waals surface area contributed by atoms with Crippen molar-refractivity contribution in [3.63, 3.8) is 0 Å². The van der Waals surface area contributed by atoms with Crippen molar-refractivity contribution >= 4 is 11.7 Å². The first kappa shape index (κ1) is 34.9. The van der Waals surface area contributed by atoms with Gasteiger partial charge in [-0.15, -0.1) is 0 Å². The first-order valence-electron chi connectivity index (χ1n) is 13.0. The third-order valence-electron chi connectivity index (χ3n) is 4.60. The molecule has 11 nitrogen and oxygen atoms in total. The van der Waals surface area contributed by atoms with Crippen LogP contribution in [0.5, 0.6) is 11.5 Å². The molecule has 0 fully saturated rings. The molecule has 214 valence electrons. The van der Waals surface area contributed by atoms with Crippen LogP contribution in [0.1, 0.15) is 46.5 Å². The lowest BCUT2D eigenvalue weighted by atomic mass is 10.2. The predicted octanol–water partition coefficient (Wildman–Crippen LogP) is 4.29. The van der Waals surface area contributed by atoms with Crippen LogP contribution in [0.2, 0.25) is 0 Å². The molecule has 2 rings (SSSR count). The summed E-state index contributed by atoms with van der Waals surface area (Å²) in [6.07, 6.45) is 4.44. The van der Waals surface area contributed by atoms with Crippen LogP contribution in [-0.2, 0) is 18.9 Å². The predicted molar refractivity (Wildman–Crippen MR) is 144 cm³/mol. The minimum Gasteiger partial charge on any atom is -0.487 e. The number of carbonyl (C=O) groups excluding carboxylic acids is 1. The fraction of sp³-hybridized carbons (Fsp3) is 0.667. The molecule has 2 N–H and O–H groups in total. The van der Waals surface area contributed by atoms with E-state index in [0.717, 1.165) is 12.8 Å². The monoisotopic (exact) mass is 536 g/mol. The molecular formula is C27H44N4O7.